The van der Waals surface area contributed by atoms with Crippen molar-refractivity contribution < 1.29 is 26.9 Å². The number of carbonyl (C=O) groups excluding carboxylic acids is 1. The van der Waals surface area contributed by atoms with Gasteiger partial charge in [-0.05, 0) is 136 Å². The number of imidazole rings is 1. The van der Waals surface area contributed by atoms with E-state index in [1.54, 1.807) is 60.1 Å². The summed E-state index contributed by atoms with van der Waals surface area (Å²) in [6.07, 6.45) is 7.33. The number of rotatable bonds is 9. The minimum absolute atomic E-state index is 0.0122. The van der Waals surface area contributed by atoms with Crippen LogP contribution in [-0.2, 0) is 26.5 Å². The fourth-order valence-corrected chi connectivity index (χ4v) is 12.0. The predicted molar refractivity (Wildman–Crippen MR) is 234 cm³/mol. The lowest BCUT2D eigenvalue weighted by Crippen LogP contribution is -2.41. The first-order chi connectivity index (χ1) is 30.8. The molecule has 6 heterocycles. The molecule has 11 rings (SSSR count). The van der Waals surface area contributed by atoms with E-state index in [1.807, 2.05) is 17.6 Å². The van der Waals surface area contributed by atoms with Crippen LogP contribution in [0.25, 0.3) is 28.1 Å². The topological polar surface area (TPSA) is 172 Å². The number of amides is 1. The fraction of sp³-hybridized carbons (Fsp3) is 0.383. The number of hydrogen-bond donors (Lipinski definition) is 1. The van der Waals surface area contributed by atoms with Gasteiger partial charge in [0.25, 0.3) is 5.91 Å². The fourth-order valence-electron chi connectivity index (χ4n) is 10.3. The highest BCUT2D eigenvalue weighted by Crippen LogP contribution is 2.56. The number of nitrogens with zero attached hydrogens (tertiary/aromatic N) is 7. The summed E-state index contributed by atoms with van der Waals surface area (Å²) in [5, 5.41) is 9.76. The molecule has 3 fully saturated rings. The summed E-state index contributed by atoms with van der Waals surface area (Å²) in [5.74, 6) is -0.160. The summed E-state index contributed by atoms with van der Waals surface area (Å²) in [6, 6.07) is 17.4. The van der Waals surface area contributed by atoms with Crippen molar-refractivity contribution in [2.45, 2.75) is 93.9 Å². The molecule has 0 bridgehead atoms. The highest BCUT2D eigenvalue weighted by molar-refractivity contribution is 7.92. The van der Waals surface area contributed by atoms with Crippen LogP contribution in [0.3, 0.4) is 0 Å². The Morgan fingerprint density at radius 1 is 0.906 bits per heavy atom. The molecule has 0 radical (unpaired) electrons. The Kier molecular flexibility index (Phi) is 9.23. The Morgan fingerprint density at radius 2 is 1.61 bits per heavy atom. The third-order valence-electron chi connectivity index (χ3n) is 14.0. The van der Waals surface area contributed by atoms with E-state index in [9.17, 15) is 18.0 Å². The van der Waals surface area contributed by atoms with Crippen LogP contribution < -0.4 is 11.4 Å². The molecule has 15 nitrogen and oxygen atoms in total. The lowest BCUT2D eigenvalue weighted by molar-refractivity contribution is 0.0663. The van der Waals surface area contributed by atoms with Crippen LogP contribution in [0.5, 0.6) is 0 Å². The van der Waals surface area contributed by atoms with Gasteiger partial charge in [0.1, 0.15) is 22.9 Å². The van der Waals surface area contributed by atoms with Gasteiger partial charge in [-0.15, -0.1) is 0 Å². The maximum absolute atomic E-state index is 15.5. The number of H-pyrrole nitrogens is 1. The first-order valence-corrected chi connectivity index (χ1v) is 23.5. The van der Waals surface area contributed by atoms with E-state index in [0.717, 1.165) is 23.7 Å². The molecule has 4 aliphatic rings. The van der Waals surface area contributed by atoms with Gasteiger partial charge >= 0.3 is 11.4 Å². The van der Waals surface area contributed by atoms with Gasteiger partial charge in [0, 0.05) is 55.0 Å². The Labute approximate surface area is 367 Å². The maximum Gasteiger partial charge on any atom is 0.438 e. The summed E-state index contributed by atoms with van der Waals surface area (Å²) >= 11 is 0. The van der Waals surface area contributed by atoms with Gasteiger partial charge in [0.05, 0.1) is 33.3 Å². The van der Waals surface area contributed by atoms with Crippen LogP contribution in [0.15, 0.2) is 92.1 Å². The molecular weight excluding hydrogens is 840 g/mol. The summed E-state index contributed by atoms with van der Waals surface area (Å²) < 4.78 is 58.3. The van der Waals surface area contributed by atoms with E-state index >= 15 is 9.18 Å². The highest BCUT2D eigenvalue weighted by Gasteiger charge is 2.59. The van der Waals surface area contributed by atoms with E-state index in [1.165, 1.54) is 26.8 Å². The van der Waals surface area contributed by atoms with E-state index in [4.69, 9.17) is 14.4 Å². The Bertz CT molecular complexity index is 3250. The van der Waals surface area contributed by atoms with Crippen LogP contribution in [0.4, 0.5) is 4.39 Å². The SMILES string of the molecule is Cc1cc(-n2nc3c(c2-n2ccn(-c4ccc(S(=O)(=O)C5CC5)cc4)c2=O)C(C)N(C(=O)c2cc4cc(C5CCOCC5)ccc4n2C2(c4noc(=O)[nH]4)CC2C)CC3)cc(C)c1F. The molecule has 0 spiro atoms. The second kappa shape index (κ2) is 14.6. The molecule has 1 amide bonds. The van der Waals surface area contributed by atoms with E-state index in [-0.39, 0.29) is 27.8 Å². The zero-order valence-corrected chi connectivity index (χ0v) is 36.7. The molecule has 3 aromatic carbocycles. The molecule has 1 saturated heterocycles. The minimum Gasteiger partial charge on any atom is -0.381 e. The van der Waals surface area contributed by atoms with Gasteiger partial charge in [-0.25, -0.2) is 27.1 Å². The molecular formula is C47H47FN8O7S. The van der Waals surface area contributed by atoms with E-state index in [2.05, 4.69) is 35.3 Å². The minimum atomic E-state index is -3.43. The number of aromatic amines is 1. The van der Waals surface area contributed by atoms with Gasteiger partial charge in [-0.2, -0.15) is 5.10 Å². The highest BCUT2D eigenvalue weighted by atomic mass is 32.2. The molecule has 330 valence electrons. The van der Waals surface area contributed by atoms with Crippen molar-refractivity contribution in [3.05, 3.63) is 139 Å². The van der Waals surface area contributed by atoms with Gasteiger partial charge in [-0.3, -0.25) is 23.4 Å². The number of benzene rings is 3. The summed E-state index contributed by atoms with van der Waals surface area (Å²) in [4.78, 5) is 47.3. The summed E-state index contributed by atoms with van der Waals surface area (Å²) in [5.41, 5.74) is 4.34. The number of hydrogen-bond acceptors (Lipinski definition) is 9. The van der Waals surface area contributed by atoms with Crippen LogP contribution >= 0.6 is 0 Å². The summed E-state index contributed by atoms with van der Waals surface area (Å²) in [7, 11) is -3.43. The number of halogens is 1. The van der Waals surface area contributed by atoms with Crippen molar-refractivity contribution in [2.75, 3.05) is 19.8 Å². The lowest BCUT2D eigenvalue weighted by Gasteiger charge is -2.34. The molecule has 3 unspecified atom stereocenters. The van der Waals surface area contributed by atoms with Crippen molar-refractivity contribution >= 4 is 26.6 Å². The average molecular weight is 887 g/mol. The lowest BCUT2D eigenvalue weighted by atomic mass is 9.91. The average Bonchev–Trinajstić information content (AvgIpc) is 4.03. The molecule has 64 heavy (non-hydrogen) atoms. The predicted octanol–water partition coefficient (Wildman–Crippen LogP) is 6.57. The number of aromatic nitrogens is 7. The molecule has 2 aliphatic carbocycles. The second-order valence-electron chi connectivity index (χ2n) is 18.0. The van der Waals surface area contributed by atoms with Crippen molar-refractivity contribution in [2.24, 2.45) is 5.92 Å². The van der Waals surface area contributed by atoms with Gasteiger partial charge < -0.3 is 14.2 Å². The standard InChI is InChI=1S/C47H47FN8O7S/c1-26-21-34(22-27(2)41(26)48)56-42(54-18-17-53(46(54)59)33-6-8-35(9-7-33)64(60,61)36-10-11-36)40-29(4)52(16-13-37(40)50-56)43(57)39-24-32-23-31(30-14-19-62-20-15-30)5-12-38(32)55(39)47(25-28(47)3)44-49-45(58)63-51-44/h5-9,12,17-18,21-24,28-30,36H,10-11,13-16,19-20,25H2,1-4H3,(H,49,51,58). The molecule has 2 saturated carbocycles. The van der Waals surface area contributed by atoms with Crippen LogP contribution in [0.1, 0.15) is 102 Å². The Hall–Kier alpha value is -6.33. The third kappa shape index (κ3) is 6.21. The zero-order chi connectivity index (χ0) is 44.4. The van der Waals surface area contributed by atoms with E-state index in [0.29, 0.717) is 102 Å². The van der Waals surface area contributed by atoms with Gasteiger partial charge in [0.2, 0.25) is 0 Å². The quantitative estimate of drug-likeness (QED) is 0.168. The van der Waals surface area contributed by atoms with Gasteiger partial charge in [0.15, 0.2) is 15.7 Å². The van der Waals surface area contributed by atoms with Crippen LogP contribution in [-0.4, -0.2) is 77.9 Å². The van der Waals surface area contributed by atoms with Crippen molar-refractivity contribution in [3.63, 3.8) is 0 Å². The number of fused-ring (bicyclic) bond motifs is 2. The molecule has 4 aromatic heterocycles. The number of nitrogens with one attached hydrogen (secondary N) is 1. The normalized spacial score (nSPS) is 21.4. The maximum atomic E-state index is 15.5. The molecule has 1 N–H and O–H groups in total. The molecule has 2 aliphatic heterocycles. The molecule has 17 heteroatoms. The Morgan fingerprint density at radius 3 is 2.27 bits per heavy atom. The third-order valence-corrected chi connectivity index (χ3v) is 16.3. The zero-order valence-electron chi connectivity index (χ0n) is 35.9. The van der Waals surface area contributed by atoms with Crippen LogP contribution in [0, 0.1) is 25.6 Å². The summed E-state index contributed by atoms with van der Waals surface area (Å²) in [6.45, 7) is 9.05. The second-order valence-corrected chi connectivity index (χ2v) is 20.2. The van der Waals surface area contributed by atoms with Gasteiger partial charge in [-0.1, -0.05) is 18.1 Å². The molecule has 3 atom stereocenters. The van der Waals surface area contributed by atoms with E-state index < -0.39 is 32.9 Å². The van der Waals surface area contributed by atoms with Crippen LogP contribution in [0.2, 0.25) is 0 Å². The number of carbonyl (C=O) groups is 1. The van der Waals surface area contributed by atoms with Crippen molar-refractivity contribution in [3.8, 4) is 17.2 Å². The first kappa shape index (κ1) is 40.4. The van der Waals surface area contributed by atoms with Crippen molar-refractivity contribution in [1.29, 1.82) is 0 Å². The first-order valence-electron chi connectivity index (χ1n) is 21.9. The number of sulfone groups is 1. The number of aryl methyl sites for hydroxylation is 2. The molecule has 7 aromatic rings. The van der Waals surface area contributed by atoms with Crippen molar-refractivity contribution in [1.82, 2.24) is 38.5 Å². The Balaban J connectivity index is 1.04. The smallest absolute Gasteiger partial charge is 0.381 e. The monoisotopic (exact) mass is 886 g/mol. The number of ether oxygens (including phenoxy) is 1. The largest absolute Gasteiger partial charge is 0.438 e.